The van der Waals surface area contributed by atoms with Crippen molar-refractivity contribution in [3.63, 3.8) is 0 Å². The van der Waals surface area contributed by atoms with E-state index in [9.17, 15) is 0 Å². The lowest BCUT2D eigenvalue weighted by Crippen LogP contribution is -2.43. The molecule has 128 valence electrons. The third kappa shape index (κ3) is 2.22. The van der Waals surface area contributed by atoms with E-state index in [0.717, 1.165) is 40.9 Å². The van der Waals surface area contributed by atoms with Gasteiger partial charge in [0.15, 0.2) is 0 Å². The molecule has 0 amide bonds. The van der Waals surface area contributed by atoms with Gasteiger partial charge in [-0.1, -0.05) is 48.0 Å². The third-order valence-corrected chi connectivity index (χ3v) is 9.11. The third-order valence-electron chi connectivity index (χ3n) is 9.11. The van der Waals surface area contributed by atoms with E-state index in [-0.39, 0.29) is 0 Å². The summed E-state index contributed by atoms with van der Waals surface area (Å²) in [6.07, 6.45) is 12.4. The Balaban J connectivity index is 0.000000693. The van der Waals surface area contributed by atoms with Gasteiger partial charge in [0, 0.05) is 0 Å². The van der Waals surface area contributed by atoms with E-state index in [2.05, 4.69) is 27.7 Å². The number of rotatable bonds is 0. The molecule has 0 radical (unpaired) electrons. The molecule has 0 aromatic rings. The van der Waals surface area contributed by atoms with Crippen LogP contribution in [-0.4, -0.2) is 0 Å². The Morgan fingerprint density at radius 2 is 1.36 bits per heavy atom. The van der Waals surface area contributed by atoms with Gasteiger partial charge >= 0.3 is 0 Å². The molecule has 0 heteroatoms. The highest BCUT2D eigenvalue weighted by Crippen LogP contribution is 2.69. The fraction of sp³-hybridized carbons (Fsp3) is 1.00. The van der Waals surface area contributed by atoms with Crippen LogP contribution < -0.4 is 0 Å². The van der Waals surface area contributed by atoms with Crippen molar-refractivity contribution in [2.24, 2.45) is 46.3 Å². The Hall–Kier alpha value is 0. The normalized spacial score (nSPS) is 56.5. The molecule has 0 aliphatic heterocycles. The van der Waals surface area contributed by atoms with Crippen molar-refractivity contribution in [1.29, 1.82) is 0 Å². The average Bonchev–Trinajstić information content (AvgIpc) is 2.96. The van der Waals surface area contributed by atoms with Crippen molar-refractivity contribution in [3.05, 3.63) is 0 Å². The van der Waals surface area contributed by atoms with Gasteiger partial charge in [-0.25, -0.2) is 0 Å². The number of fused-ring (bicyclic) bond motifs is 5. The first-order valence-electron chi connectivity index (χ1n) is 10.4. The summed E-state index contributed by atoms with van der Waals surface area (Å²) in [6, 6.07) is 0. The minimum absolute atomic E-state index is 0.705. The van der Waals surface area contributed by atoms with Gasteiger partial charge in [-0.05, 0) is 91.3 Å². The highest BCUT2D eigenvalue weighted by atomic mass is 14.7. The van der Waals surface area contributed by atoms with Crippen molar-refractivity contribution >= 4 is 0 Å². The summed E-state index contributed by atoms with van der Waals surface area (Å²) in [4.78, 5) is 0. The van der Waals surface area contributed by atoms with Crippen molar-refractivity contribution in [2.75, 3.05) is 0 Å². The topological polar surface area (TPSA) is 0 Å². The second-order valence-corrected chi connectivity index (χ2v) is 9.72. The quantitative estimate of drug-likeness (QED) is 0.455. The van der Waals surface area contributed by atoms with Crippen molar-refractivity contribution in [3.8, 4) is 0 Å². The van der Waals surface area contributed by atoms with Gasteiger partial charge in [-0.15, -0.1) is 0 Å². The molecule has 4 saturated carbocycles. The largest absolute Gasteiger partial charge is 0.0683 e. The first-order chi connectivity index (χ1) is 10.4. The molecular formula is C22H40. The van der Waals surface area contributed by atoms with Gasteiger partial charge in [0.05, 0.1) is 0 Å². The lowest BCUT2D eigenvalue weighted by Gasteiger charge is -2.50. The molecule has 8 unspecified atom stereocenters. The summed E-state index contributed by atoms with van der Waals surface area (Å²) in [5.41, 5.74) is 1.43. The predicted octanol–water partition coefficient (Wildman–Crippen LogP) is 6.94. The molecule has 8 atom stereocenters. The van der Waals surface area contributed by atoms with Crippen LogP contribution >= 0.6 is 0 Å². The number of hydrogen-bond acceptors (Lipinski definition) is 0. The molecule has 0 heterocycles. The fourth-order valence-electron chi connectivity index (χ4n) is 7.51. The van der Waals surface area contributed by atoms with Crippen LogP contribution in [0, 0.1) is 46.3 Å². The zero-order valence-electron chi connectivity index (χ0n) is 16.1. The molecule has 4 rings (SSSR count). The van der Waals surface area contributed by atoms with E-state index in [1.807, 2.05) is 13.8 Å². The maximum Gasteiger partial charge on any atom is -0.0266 e. The minimum atomic E-state index is 0.705. The second kappa shape index (κ2) is 5.82. The molecule has 0 bridgehead atoms. The minimum Gasteiger partial charge on any atom is -0.0683 e. The van der Waals surface area contributed by atoms with Crippen LogP contribution in [0.5, 0.6) is 0 Å². The molecule has 0 saturated heterocycles. The van der Waals surface area contributed by atoms with Gasteiger partial charge in [0.25, 0.3) is 0 Å². The van der Waals surface area contributed by atoms with Crippen LogP contribution in [0.4, 0.5) is 0 Å². The van der Waals surface area contributed by atoms with Crippen LogP contribution in [0.2, 0.25) is 0 Å². The molecule has 0 aromatic heterocycles. The summed E-state index contributed by atoms with van der Waals surface area (Å²) in [6.45, 7) is 14.4. The Morgan fingerprint density at radius 1 is 0.727 bits per heavy atom. The van der Waals surface area contributed by atoms with Crippen molar-refractivity contribution in [2.45, 2.75) is 92.9 Å². The molecule has 0 spiro atoms. The van der Waals surface area contributed by atoms with Crippen molar-refractivity contribution < 1.29 is 0 Å². The smallest absolute Gasteiger partial charge is 0.0266 e. The van der Waals surface area contributed by atoms with Crippen LogP contribution in [0.3, 0.4) is 0 Å². The van der Waals surface area contributed by atoms with Crippen molar-refractivity contribution in [1.82, 2.24) is 0 Å². The van der Waals surface area contributed by atoms with Gasteiger partial charge in [0.1, 0.15) is 0 Å². The Bertz CT molecular complexity index is 399. The maximum absolute atomic E-state index is 2.69. The summed E-state index contributed by atoms with van der Waals surface area (Å²) in [7, 11) is 0. The molecule has 0 aromatic carbocycles. The zero-order valence-corrected chi connectivity index (χ0v) is 16.1. The van der Waals surface area contributed by atoms with E-state index in [4.69, 9.17) is 0 Å². The summed E-state index contributed by atoms with van der Waals surface area (Å²) < 4.78 is 0. The van der Waals surface area contributed by atoms with Crippen LogP contribution in [0.25, 0.3) is 0 Å². The highest BCUT2D eigenvalue weighted by Gasteiger charge is 2.61. The van der Waals surface area contributed by atoms with E-state index >= 15 is 0 Å². The number of hydrogen-bond donors (Lipinski definition) is 0. The molecule has 0 N–H and O–H groups in total. The molecule has 4 aliphatic carbocycles. The van der Waals surface area contributed by atoms with E-state index in [1.54, 1.807) is 32.1 Å². The second-order valence-electron chi connectivity index (χ2n) is 9.72. The Labute approximate surface area is 139 Å². The summed E-state index contributed by atoms with van der Waals surface area (Å²) in [5, 5.41) is 0. The molecule has 0 nitrogen and oxygen atoms in total. The van der Waals surface area contributed by atoms with E-state index in [1.165, 1.54) is 19.3 Å². The lowest BCUT2D eigenvalue weighted by molar-refractivity contribution is -0.0141. The average molecular weight is 305 g/mol. The zero-order chi connectivity index (χ0) is 16.1. The predicted molar refractivity (Wildman–Crippen MR) is 96.8 cm³/mol. The lowest BCUT2D eigenvalue weighted by atomic mass is 9.54. The standard InChI is InChI=1S/C20H34.C2H6/c1-13-7-9-20(4)15(11-13)12-16-17-6-5-14(2)19(17,3)10-8-18(16)20;1-2/h13-18H,5-12H2,1-4H3;1-2H3. The van der Waals surface area contributed by atoms with E-state index < -0.39 is 0 Å². The van der Waals surface area contributed by atoms with Gasteiger partial charge in [-0.2, -0.15) is 0 Å². The fourth-order valence-corrected chi connectivity index (χ4v) is 7.51. The van der Waals surface area contributed by atoms with Crippen LogP contribution in [0.1, 0.15) is 92.9 Å². The van der Waals surface area contributed by atoms with Gasteiger partial charge < -0.3 is 0 Å². The summed E-state index contributed by atoms with van der Waals surface area (Å²) >= 11 is 0. The SMILES string of the molecule is CC.CC1CCC2(C)C(C1)CC1C3CCC(C)C3(C)CCC12. The molecule has 4 fully saturated rings. The molecular weight excluding hydrogens is 264 g/mol. The molecule has 22 heavy (non-hydrogen) atoms. The van der Waals surface area contributed by atoms with E-state index in [0.29, 0.717) is 5.41 Å². The van der Waals surface area contributed by atoms with Crippen LogP contribution in [0.15, 0.2) is 0 Å². The van der Waals surface area contributed by atoms with Gasteiger partial charge in [0.2, 0.25) is 0 Å². The Morgan fingerprint density at radius 3 is 2.09 bits per heavy atom. The van der Waals surface area contributed by atoms with Crippen LogP contribution in [-0.2, 0) is 0 Å². The monoisotopic (exact) mass is 304 g/mol. The first-order valence-corrected chi connectivity index (χ1v) is 10.4. The first kappa shape index (κ1) is 16.8. The maximum atomic E-state index is 2.69. The molecule has 4 aliphatic rings. The summed E-state index contributed by atoms with van der Waals surface area (Å²) in [5.74, 6) is 6.32. The Kier molecular flexibility index (Phi) is 4.45. The highest BCUT2D eigenvalue weighted by molar-refractivity contribution is 5.10. The van der Waals surface area contributed by atoms with Gasteiger partial charge in [-0.3, -0.25) is 0 Å².